The van der Waals surface area contributed by atoms with Crippen LogP contribution in [0.15, 0.2) is 42.5 Å². The van der Waals surface area contributed by atoms with Gasteiger partial charge in [0.2, 0.25) is 11.8 Å². The number of nitrogens with two attached hydrogens (primary N) is 1. The summed E-state index contributed by atoms with van der Waals surface area (Å²) in [5, 5.41) is 2.60. The molecule has 0 aliphatic carbocycles. The summed E-state index contributed by atoms with van der Waals surface area (Å²) in [6.07, 6.45) is 3.25. The minimum Gasteiger partial charge on any atom is -0.369 e. The SMILES string of the molecule is NC(=O)C1CCN(C(=O)C2CCN(Cc3cccc4ccccc34)CC2)CC1. The van der Waals surface area contributed by atoms with Gasteiger partial charge < -0.3 is 10.6 Å². The number of nitrogens with zero attached hydrogens (tertiary/aromatic N) is 2. The van der Waals surface area contributed by atoms with E-state index in [4.69, 9.17) is 5.73 Å². The Bertz CT molecular complexity index is 845. The Morgan fingerprint density at radius 1 is 0.857 bits per heavy atom. The van der Waals surface area contributed by atoms with Crippen molar-refractivity contribution in [3.8, 4) is 0 Å². The molecule has 2 amide bonds. The maximum absolute atomic E-state index is 12.9. The van der Waals surface area contributed by atoms with Crippen molar-refractivity contribution in [2.24, 2.45) is 17.6 Å². The molecule has 4 rings (SSSR count). The normalized spacial score (nSPS) is 19.8. The molecule has 0 saturated carbocycles. The number of carbonyl (C=O) groups excluding carboxylic acids is 2. The second-order valence-electron chi connectivity index (χ2n) is 8.19. The van der Waals surface area contributed by atoms with Crippen LogP contribution in [0.5, 0.6) is 0 Å². The molecule has 5 nitrogen and oxygen atoms in total. The number of benzene rings is 2. The molecule has 0 unspecified atom stereocenters. The van der Waals surface area contributed by atoms with Gasteiger partial charge in [0.15, 0.2) is 0 Å². The van der Waals surface area contributed by atoms with Crippen LogP contribution in [-0.4, -0.2) is 47.8 Å². The van der Waals surface area contributed by atoms with Crippen molar-refractivity contribution in [2.75, 3.05) is 26.2 Å². The van der Waals surface area contributed by atoms with E-state index in [1.807, 2.05) is 4.90 Å². The topological polar surface area (TPSA) is 66.6 Å². The molecule has 2 aromatic carbocycles. The van der Waals surface area contributed by atoms with Gasteiger partial charge in [0.1, 0.15) is 0 Å². The molecule has 28 heavy (non-hydrogen) atoms. The lowest BCUT2D eigenvalue weighted by atomic mass is 9.91. The van der Waals surface area contributed by atoms with Crippen LogP contribution in [-0.2, 0) is 16.1 Å². The summed E-state index contributed by atoms with van der Waals surface area (Å²) in [7, 11) is 0. The highest BCUT2D eigenvalue weighted by Gasteiger charge is 2.32. The quantitative estimate of drug-likeness (QED) is 0.888. The van der Waals surface area contributed by atoms with Gasteiger partial charge in [-0.1, -0.05) is 42.5 Å². The predicted molar refractivity (Wildman–Crippen MR) is 110 cm³/mol. The summed E-state index contributed by atoms with van der Waals surface area (Å²) in [5.74, 6) is 0.0991. The third-order valence-corrected chi connectivity index (χ3v) is 6.42. The Balaban J connectivity index is 1.31. The summed E-state index contributed by atoms with van der Waals surface area (Å²) in [4.78, 5) is 28.6. The standard InChI is InChI=1S/C23H29N3O2/c24-22(27)18-10-14-26(15-11-18)23(28)19-8-12-25(13-9-19)16-20-6-3-5-17-4-1-2-7-21(17)20/h1-7,18-19H,8-16H2,(H2,24,27). The molecule has 2 N–H and O–H groups in total. The Morgan fingerprint density at radius 3 is 2.21 bits per heavy atom. The molecular weight excluding hydrogens is 350 g/mol. The van der Waals surface area contributed by atoms with Crippen LogP contribution in [0.3, 0.4) is 0 Å². The Kier molecular flexibility index (Phi) is 5.62. The van der Waals surface area contributed by atoms with Crippen LogP contribution in [0.25, 0.3) is 10.8 Å². The molecule has 2 aliphatic rings. The first-order valence-corrected chi connectivity index (χ1v) is 10.4. The first-order valence-electron chi connectivity index (χ1n) is 10.4. The van der Waals surface area contributed by atoms with E-state index in [0.717, 1.165) is 32.5 Å². The number of piperidine rings is 2. The molecule has 148 valence electrons. The molecule has 5 heteroatoms. The van der Waals surface area contributed by atoms with E-state index in [1.165, 1.54) is 16.3 Å². The third kappa shape index (κ3) is 4.04. The number of likely N-dealkylation sites (tertiary alicyclic amines) is 2. The van der Waals surface area contributed by atoms with Gasteiger partial charge in [-0.2, -0.15) is 0 Å². The number of fused-ring (bicyclic) bond motifs is 1. The molecule has 2 aromatic rings. The van der Waals surface area contributed by atoms with Gasteiger partial charge in [-0.25, -0.2) is 0 Å². The van der Waals surface area contributed by atoms with E-state index >= 15 is 0 Å². The lowest BCUT2D eigenvalue weighted by Gasteiger charge is -2.37. The van der Waals surface area contributed by atoms with Gasteiger partial charge in [-0.15, -0.1) is 0 Å². The van der Waals surface area contributed by atoms with Crippen LogP contribution in [0.1, 0.15) is 31.2 Å². The van der Waals surface area contributed by atoms with Crippen molar-refractivity contribution in [1.82, 2.24) is 9.80 Å². The zero-order chi connectivity index (χ0) is 19.5. The summed E-state index contributed by atoms with van der Waals surface area (Å²) >= 11 is 0. The number of carbonyl (C=O) groups is 2. The fourth-order valence-electron chi connectivity index (χ4n) is 4.65. The van der Waals surface area contributed by atoms with Gasteiger partial charge >= 0.3 is 0 Å². The van der Waals surface area contributed by atoms with Crippen molar-refractivity contribution < 1.29 is 9.59 Å². The molecule has 0 bridgehead atoms. The minimum absolute atomic E-state index is 0.0633. The fraction of sp³-hybridized carbons (Fsp3) is 0.478. The van der Waals surface area contributed by atoms with E-state index in [2.05, 4.69) is 47.4 Å². The molecule has 0 spiro atoms. The summed E-state index contributed by atoms with van der Waals surface area (Å²) in [6, 6.07) is 15.0. The Morgan fingerprint density at radius 2 is 1.50 bits per heavy atom. The molecule has 0 atom stereocenters. The molecule has 0 radical (unpaired) electrons. The van der Waals surface area contributed by atoms with Crippen LogP contribution in [0, 0.1) is 11.8 Å². The largest absolute Gasteiger partial charge is 0.369 e. The third-order valence-electron chi connectivity index (χ3n) is 6.42. The summed E-state index contributed by atoms with van der Waals surface area (Å²) in [5.41, 5.74) is 6.75. The van der Waals surface area contributed by atoms with Crippen LogP contribution < -0.4 is 5.73 Å². The number of amides is 2. The molecular formula is C23H29N3O2. The van der Waals surface area contributed by atoms with Crippen molar-refractivity contribution in [3.63, 3.8) is 0 Å². The van der Waals surface area contributed by atoms with E-state index in [-0.39, 0.29) is 23.7 Å². The lowest BCUT2D eigenvalue weighted by molar-refractivity contribution is -0.140. The number of hydrogen-bond acceptors (Lipinski definition) is 3. The highest BCUT2D eigenvalue weighted by atomic mass is 16.2. The Labute approximate surface area is 166 Å². The van der Waals surface area contributed by atoms with Crippen molar-refractivity contribution >= 4 is 22.6 Å². The van der Waals surface area contributed by atoms with Crippen molar-refractivity contribution in [3.05, 3.63) is 48.0 Å². The van der Waals surface area contributed by atoms with E-state index in [1.54, 1.807) is 0 Å². The number of hydrogen-bond donors (Lipinski definition) is 1. The monoisotopic (exact) mass is 379 g/mol. The minimum atomic E-state index is -0.228. The fourth-order valence-corrected chi connectivity index (χ4v) is 4.65. The highest BCUT2D eigenvalue weighted by Crippen LogP contribution is 2.26. The first-order chi connectivity index (χ1) is 13.6. The second kappa shape index (κ2) is 8.31. The number of rotatable bonds is 4. The maximum atomic E-state index is 12.9. The molecule has 2 heterocycles. The van der Waals surface area contributed by atoms with Crippen molar-refractivity contribution in [1.29, 1.82) is 0 Å². The highest BCUT2D eigenvalue weighted by molar-refractivity contribution is 5.85. The summed E-state index contributed by atoms with van der Waals surface area (Å²) in [6.45, 7) is 4.19. The van der Waals surface area contributed by atoms with E-state index < -0.39 is 0 Å². The first kappa shape index (κ1) is 18.9. The zero-order valence-electron chi connectivity index (χ0n) is 16.3. The average molecular weight is 380 g/mol. The van der Waals surface area contributed by atoms with Gasteiger partial charge in [-0.05, 0) is 55.1 Å². The number of primary amides is 1. The van der Waals surface area contributed by atoms with Gasteiger partial charge in [0.05, 0.1) is 0 Å². The Hall–Kier alpha value is -2.40. The molecule has 2 saturated heterocycles. The van der Waals surface area contributed by atoms with Gasteiger partial charge in [-0.3, -0.25) is 14.5 Å². The van der Waals surface area contributed by atoms with Crippen LogP contribution in [0.2, 0.25) is 0 Å². The van der Waals surface area contributed by atoms with Crippen LogP contribution in [0.4, 0.5) is 0 Å². The zero-order valence-corrected chi connectivity index (χ0v) is 16.3. The van der Waals surface area contributed by atoms with Gasteiger partial charge in [0.25, 0.3) is 0 Å². The molecule has 2 aliphatic heterocycles. The van der Waals surface area contributed by atoms with Crippen molar-refractivity contribution in [2.45, 2.75) is 32.2 Å². The average Bonchev–Trinajstić information content (AvgIpc) is 2.74. The molecule has 2 fully saturated rings. The summed E-state index contributed by atoms with van der Waals surface area (Å²) < 4.78 is 0. The smallest absolute Gasteiger partial charge is 0.225 e. The van der Waals surface area contributed by atoms with E-state index in [9.17, 15) is 9.59 Å². The lowest BCUT2D eigenvalue weighted by Crippen LogP contribution is -2.46. The molecule has 0 aromatic heterocycles. The van der Waals surface area contributed by atoms with Crippen LogP contribution >= 0.6 is 0 Å². The maximum Gasteiger partial charge on any atom is 0.225 e. The van der Waals surface area contributed by atoms with E-state index in [0.29, 0.717) is 25.9 Å². The van der Waals surface area contributed by atoms with Gasteiger partial charge in [0, 0.05) is 31.5 Å². The predicted octanol–water partition coefficient (Wildman–Crippen LogP) is 2.78. The second-order valence-corrected chi connectivity index (χ2v) is 8.19.